The molecule has 9 aromatic rings. The molecular weight excluding hydrogens is 597 g/mol. The molecule has 0 saturated heterocycles. The first-order chi connectivity index (χ1) is 27.2. The van der Waals surface area contributed by atoms with Crippen molar-refractivity contribution in [2.45, 2.75) is 0 Å². The Labute approximate surface area is 294 Å². The molecule has 0 N–H and O–H groups in total. The van der Waals surface area contributed by atoms with Gasteiger partial charge in [-0.3, -0.25) is 0 Å². The molecule has 0 amide bonds. The maximum Gasteiger partial charge on any atom is 0.164 e. The minimum atomic E-state index is -0.459. The minimum Gasteiger partial charge on any atom is -0.309 e. The normalized spacial score (nSPS) is 13.3. The molecule has 2 heterocycles. The van der Waals surface area contributed by atoms with Gasteiger partial charge in [0.15, 0.2) is 17.5 Å². The molecule has 0 bridgehead atoms. The first-order valence-electron chi connectivity index (χ1n) is 19.4. The number of para-hydroxylation sites is 2. The molecule has 49 heavy (non-hydrogen) atoms. The van der Waals surface area contributed by atoms with Crippen molar-refractivity contribution in [3.05, 3.63) is 182 Å². The standard InChI is InChI=1S/C45H30N4/c1-4-12-31(13-5-1)33-20-24-35(25-21-33)43-46-44(36-26-22-34(23-27-36)32-14-6-2-7-15-32)48-45(47-43)37-28-29-40-39-18-10-11-19-41(39)49(42(40)30-37)38-16-8-3-9-17-38/h1-30H/i10D,11D,18D,19D,28D,29D,30D. The zero-order valence-corrected chi connectivity index (χ0v) is 26.1. The molecule has 7 aromatic carbocycles. The maximum absolute atomic E-state index is 9.74. The molecule has 230 valence electrons. The van der Waals surface area contributed by atoms with Gasteiger partial charge in [0.25, 0.3) is 0 Å². The molecule has 0 radical (unpaired) electrons. The van der Waals surface area contributed by atoms with Gasteiger partial charge in [-0.25, -0.2) is 15.0 Å². The van der Waals surface area contributed by atoms with Gasteiger partial charge in [0.05, 0.1) is 20.6 Å². The second kappa shape index (κ2) is 12.2. The van der Waals surface area contributed by atoms with E-state index in [9.17, 15) is 4.11 Å². The Morgan fingerprint density at radius 1 is 0.367 bits per heavy atom. The van der Waals surface area contributed by atoms with Crippen molar-refractivity contribution in [2.24, 2.45) is 0 Å². The Balaban J connectivity index is 1.31. The highest BCUT2D eigenvalue weighted by atomic mass is 15.0. The third-order valence-corrected chi connectivity index (χ3v) is 8.53. The summed E-state index contributed by atoms with van der Waals surface area (Å²) >= 11 is 0. The fourth-order valence-electron chi connectivity index (χ4n) is 6.09. The third kappa shape index (κ3) is 5.35. The smallest absolute Gasteiger partial charge is 0.164 e. The van der Waals surface area contributed by atoms with Crippen LogP contribution < -0.4 is 0 Å². The summed E-state index contributed by atoms with van der Waals surface area (Å²) in [5.41, 5.74) is 6.27. The van der Waals surface area contributed by atoms with Crippen molar-refractivity contribution in [3.8, 4) is 62.1 Å². The molecule has 9 rings (SSSR count). The van der Waals surface area contributed by atoms with Crippen LogP contribution in [0.2, 0.25) is 0 Å². The molecule has 0 unspecified atom stereocenters. The van der Waals surface area contributed by atoms with Gasteiger partial charge in [-0.2, -0.15) is 0 Å². The van der Waals surface area contributed by atoms with Gasteiger partial charge in [-0.05, 0) is 46.5 Å². The Bertz CT molecular complexity index is 2850. The van der Waals surface area contributed by atoms with Crippen molar-refractivity contribution < 1.29 is 9.60 Å². The van der Waals surface area contributed by atoms with Gasteiger partial charge in [0.1, 0.15) is 0 Å². The van der Waals surface area contributed by atoms with Gasteiger partial charge in [-0.15, -0.1) is 0 Å². The van der Waals surface area contributed by atoms with Gasteiger partial charge < -0.3 is 4.57 Å². The Kier molecular flexibility index (Phi) is 5.47. The van der Waals surface area contributed by atoms with Crippen LogP contribution >= 0.6 is 0 Å². The number of hydrogen-bond donors (Lipinski definition) is 0. The average Bonchev–Trinajstić information content (AvgIpc) is 3.62. The lowest BCUT2D eigenvalue weighted by molar-refractivity contribution is 1.07. The Morgan fingerprint density at radius 2 is 0.796 bits per heavy atom. The Hall–Kier alpha value is -6.65. The third-order valence-electron chi connectivity index (χ3n) is 8.53. The zero-order chi connectivity index (χ0) is 38.7. The second-order valence-corrected chi connectivity index (χ2v) is 11.6. The van der Waals surface area contributed by atoms with E-state index in [-0.39, 0.29) is 63.4 Å². The number of fused-ring (bicyclic) bond motifs is 3. The molecule has 0 aliphatic rings. The molecular formula is C45H30N4. The highest BCUT2D eigenvalue weighted by Crippen LogP contribution is 2.35. The van der Waals surface area contributed by atoms with E-state index < -0.39 is 12.1 Å². The number of nitrogens with zero attached hydrogens (tertiary/aromatic N) is 4. The fraction of sp³-hybridized carbons (Fsp3) is 0. The van der Waals surface area contributed by atoms with Crippen molar-refractivity contribution in [3.63, 3.8) is 0 Å². The van der Waals surface area contributed by atoms with Gasteiger partial charge >= 0.3 is 0 Å². The first-order valence-corrected chi connectivity index (χ1v) is 15.9. The fourth-order valence-corrected chi connectivity index (χ4v) is 6.09. The molecule has 0 fully saturated rings. The van der Waals surface area contributed by atoms with Gasteiger partial charge in [0.2, 0.25) is 0 Å². The molecule has 2 aromatic heterocycles. The average molecular weight is 634 g/mol. The number of benzene rings is 7. The van der Waals surface area contributed by atoms with Crippen LogP contribution in [-0.2, 0) is 0 Å². The molecule has 4 nitrogen and oxygen atoms in total. The lowest BCUT2D eigenvalue weighted by Crippen LogP contribution is -2.00. The predicted octanol–water partition coefficient (Wildman–Crippen LogP) is 11.3. The minimum absolute atomic E-state index is 0.0131. The largest absolute Gasteiger partial charge is 0.309 e. The summed E-state index contributed by atoms with van der Waals surface area (Å²) in [6.45, 7) is 0. The van der Waals surface area contributed by atoms with E-state index in [0.29, 0.717) is 28.5 Å². The second-order valence-electron chi connectivity index (χ2n) is 11.6. The van der Waals surface area contributed by atoms with Gasteiger partial charge in [0, 0.05) is 33.2 Å². The van der Waals surface area contributed by atoms with Crippen LogP contribution in [-0.4, -0.2) is 19.5 Å². The van der Waals surface area contributed by atoms with Crippen molar-refractivity contribution >= 4 is 21.8 Å². The summed E-state index contributed by atoms with van der Waals surface area (Å²) < 4.78 is 64.8. The van der Waals surface area contributed by atoms with E-state index in [2.05, 4.69) is 0 Å². The van der Waals surface area contributed by atoms with E-state index in [1.807, 2.05) is 115 Å². The van der Waals surface area contributed by atoms with Crippen LogP contribution in [0.25, 0.3) is 83.9 Å². The quantitative estimate of drug-likeness (QED) is 0.183. The molecule has 0 aliphatic carbocycles. The summed E-state index contributed by atoms with van der Waals surface area (Å²) in [5.74, 6) is 0.634. The molecule has 4 heteroatoms. The van der Waals surface area contributed by atoms with Crippen LogP contribution in [0.5, 0.6) is 0 Å². The number of aromatic nitrogens is 4. The maximum atomic E-state index is 9.74. The van der Waals surface area contributed by atoms with E-state index in [0.717, 1.165) is 22.3 Å². The van der Waals surface area contributed by atoms with E-state index in [1.54, 1.807) is 28.8 Å². The number of rotatable bonds is 6. The monoisotopic (exact) mass is 633 g/mol. The van der Waals surface area contributed by atoms with Crippen LogP contribution in [0.3, 0.4) is 0 Å². The summed E-state index contributed by atoms with van der Waals surface area (Å²) in [6.07, 6.45) is 0. The predicted molar refractivity (Wildman–Crippen MR) is 201 cm³/mol. The summed E-state index contributed by atoms with van der Waals surface area (Å²) in [5, 5.41) is 0.152. The van der Waals surface area contributed by atoms with E-state index >= 15 is 0 Å². The van der Waals surface area contributed by atoms with Gasteiger partial charge in [-0.1, -0.05) is 158 Å². The Morgan fingerprint density at radius 3 is 1.35 bits per heavy atom. The highest BCUT2D eigenvalue weighted by molar-refractivity contribution is 6.10. The highest BCUT2D eigenvalue weighted by Gasteiger charge is 2.17. The van der Waals surface area contributed by atoms with Crippen LogP contribution in [0.1, 0.15) is 9.60 Å². The first kappa shape index (κ1) is 22.0. The van der Waals surface area contributed by atoms with E-state index in [4.69, 9.17) is 20.4 Å². The zero-order valence-electron chi connectivity index (χ0n) is 33.1. The SMILES string of the molecule is [2H]c1c([2H])c([2H])c2c(c1[2H])c1c([2H])c([2H])c(-c3nc(-c4ccc(-c5ccccc5)cc4)nc(-c4ccc(-c5ccccc5)cc4)n3)c([2H])c1n2-c1ccccc1. The van der Waals surface area contributed by atoms with Crippen molar-refractivity contribution in [2.75, 3.05) is 0 Å². The molecule has 0 atom stereocenters. The summed E-state index contributed by atoms with van der Waals surface area (Å²) in [7, 11) is 0. The lowest BCUT2D eigenvalue weighted by Gasteiger charge is -2.11. The topological polar surface area (TPSA) is 43.6 Å². The molecule has 0 aliphatic heterocycles. The molecule has 0 saturated carbocycles. The van der Waals surface area contributed by atoms with Crippen LogP contribution in [0.15, 0.2) is 182 Å². The lowest BCUT2D eigenvalue weighted by atomic mass is 10.0. The van der Waals surface area contributed by atoms with Crippen molar-refractivity contribution in [1.29, 1.82) is 0 Å². The van der Waals surface area contributed by atoms with Crippen LogP contribution in [0, 0.1) is 0 Å². The summed E-state index contributed by atoms with van der Waals surface area (Å²) in [4.78, 5) is 14.6. The molecule has 0 spiro atoms. The summed E-state index contributed by atoms with van der Waals surface area (Å²) in [6, 6.07) is 42.2. The van der Waals surface area contributed by atoms with Crippen LogP contribution in [0.4, 0.5) is 0 Å². The van der Waals surface area contributed by atoms with Crippen molar-refractivity contribution in [1.82, 2.24) is 19.5 Å². The van der Waals surface area contributed by atoms with E-state index in [1.165, 1.54) is 0 Å². The number of hydrogen-bond acceptors (Lipinski definition) is 3.